The Bertz CT molecular complexity index is 540. The summed E-state index contributed by atoms with van der Waals surface area (Å²) in [6.07, 6.45) is 2.96. The number of methoxy groups -OCH3 is 1. The fourth-order valence-electron chi connectivity index (χ4n) is 1.37. The third kappa shape index (κ3) is 2.60. The number of carbonyl (C=O) groups is 1. The summed E-state index contributed by atoms with van der Waals surface area (Å²) in [6, 6.07) is 7.27. The van der Waals surface area contributed by atoms with Gasteiger partial charge in [0.05, 0.1) is 7.11 Å². The van der Waals surface area contributed by atoms with Crippen molar-refractivity contribution in [1.29, 1.82) is 0 Å². The minimum atomic E-state index is -0.189. The first kappa shape index (κ1) is 12.0. The minimum absolute atomic E-state index is 0.189. The number of carbonyl (C=O) groups excluding carboxylic acids is 1. The Morgan fingerprint density at radius 3 is 2.47 bits per heavy atom. The highest BCUT2D eigenvalue weighted by Crippen LogP contribution is 2.16. The van der Waals surface area contributed by atoms with Gasteiger partial charge >= 0.3 is 0 Å². The average Bonchev–Trinajstić information content (AvgIpc) is 2.39. The van der Waals surface area contributed by atoms with Crippen molar-refractivity contribution in [2.45, 2.75) is 0 Å². The predicted molar refractivity (Wildman–Crippen MR) is 71.2 cm³/mol. The lowest BCUT2D eigenvalue weighted by atomic mass is 10.1. The zero-order valence-corrected chi connectivity index (χ0v) is 11.2. The Balaban J connectivity index is 2.40. The van der Waals surface area contributed by atoms with Crippen molar-refractivity contribution in [2.75, 3.05) is 7.11 Å². The first-order chi connectivity index (χ1) is 8.22. The van der Waals surface area contributed by atoms with Crippen LogP contribution in [0.3, 0.4) is 0 Å². The van der Waals surface area contributed by atoms with Crippen molar-refractivity contribution in [3.8, 4) is 5.88 Å². The molecular weight excluding hydrogens is 331 g/mol. The van der Waals surface area contributed by atoms with Gasteiger partial charge in [0, 0.05) is 21.5 Å². The Morgan fingerprint density at radius 2 is 1.82 bits per heavy atom. The number of hydrogen-bond acceptors (Lipinski definition) is 4. The molecule has 0 radical (unpaired) electrons. The molecule has 17 heavy (non-hydrogen) atoms. The maximum atomic E-state index is 12.2. The Labute approximate surface area is 112 Å². The summed E-state index contributed by atoms with van der Waals surface area (Å²) in [4.78, 5) is 20.1. The summed E-state index contributed by atoms with van der Waals surface area (Å²) < 4.78 is 6.09. The van der Waals surface area contributed by atoms with Crippen LogP contribution >= 0.6 is 22.6 Å². The quantitative estimate of drug-likeness (QED) is 0.636. The summed E-state index contributed by atoms with van der Waals surface area (Å²) in [5, 5.41) is 0. The van der Waals surface area contributed by atoms with Gasteiger partial charge in [0.25, 0.3) is 0 Å². The van der Waals surface area contributed by atoms with E-state index in [1.807, 2.05) is 12.1 Å². The molecule has 1 heterocycles. The molecule has 0 bridgehead atoms. The molecule has 0 aliphatic heterocycles. The Kier molecular flexibility index (Phi) is 3.68. The average molecular weight is 340 g/mol. The van der Waals surface area contributed by atoms with Crippen molar-refractivity contribution in [1.82, 2.24) is 9.97 Å². The minimum Gasteiger partial charge on any atom is -0.479 e. The molecule has 0 unspecified atom stereocenters. The van der Waals surface area contributed by atoms with Crippen LogP contribution in [-0.4, -0.2) is 22.9 Å². The number of ketones is 1. The number of hydrogen-bond donors (Lipinski definition) is 0. The van der Waals surface area contributed by atoms with Crippen molar-refractivity contribution >= 4 is 28.4 Å². The monoisotopic (exact) mass is 340 g/mol. The smallest absolute Gasteiger partial charge is 0.243 e. The number of rotatable bonds is 3. The molecule has 0 aliphatic rings. The summed E-state index contributed by atoms with van der Waals surface area (Å²) in [5.41, 5.74) is 0.806. The van der Waals surface area contributed by atoms with Gasteiger partial charge < -0.3 is 4.74 Å². The van der Waals surface area contributed by atoms with Crippen LogP contribution in [0.25, 0.3) is 0 Å². The normalized spacial score (nSPS) is 10.0. The van der Waals surface area contributed by atoms with Crippen LogP contribution < -0.4 is 4.74 Å². The van der Waals surface area contributed by atoms with Crippen LogP contribution in [0.2, 0.25) is 0 Å². The molecular formula is C12H9IN2O2. The molecule has 4 nitrogen and oxygen atoms in total. The zero-order chi connectivity index (χ0) is 12.3. The first-order valence-electron chi connectivity index (χ1n) is 4.87. The predicted octanol–water partition coefficient (Wildman–Crippen LogP) is 2.32. The number of aromatic nitrogens is 2. The van der Waals surface area contributed by atoms with E-state index in [2.05, 4.69) is 32.6 Å². The van der Waals surface area contributed by atoms with Crippen molar-refractivity contribution in [3.05, 3.63) is 51.5 Å². The molecule has 0 aliphatic carbocycles. The lowest BCUT2D eigenvalue weighted by Gasteiger charge is -2.04. The summed E-state index contributed by atoms with van der Waals surface area (Å²) >= 11 is 2.18. The molecule has 0 atom stereocenters. The van der Waals surface area contributed by atoms with E-state index in [0.717, 1.165) is 3.57 Å². The highest BCUT2D eigenvalue weighted by atomic mass is 127. The topological polar surface area (TPSA) is 52.1 Å². The molecule has 0 saturated heterocycles. The van der Waals surface area contributed by atoms with E-state index in [1.165, 1.54) is 19.5 Å². The second kappa shape index (κ2) is 5.22. The second-order valence-electron chi connectivity index (χ2n) is 3.25. The molecule has 0 spiro atoms. The van der Waals surface area contributed by atoms with Crippen molar-refractivity contribution in [2.24, 2.45) is 0 Å². The molecule has 2 rings (SSSR count). The lowest BCUT2D eigenvalue weighted by molar-refractivity contribution is 0.103. The maximum Gasteiger partial charge on any atom is 0.243 e. The van der Waals surface area contributed by atoms with Crippen LogP contribution in [0.4, 0.5) is 0 Å². The molecule has 86 valence electrons. The molecule has 5 heteroatoms. The van der Waals surface area contributed by atoms with Crippen LogP contribution in [-0.2, 0) is 0 Å². The van der Waals surface area contributed by atoms with E-state index in [0.29, 0.717) is 5.56 Å². The third-order valence-corrected chi connectivity index (χ3v) is 2.90. The Morgan fingerprint density at radius 1 is 1.18 bits per heavy atom. The van der Waals surface area contributed by atoms with Crippen LogP contribution in [0.5, 0.6) is 5.88 Å². The third-order valence-electron chi connectivity index (χ3n) is 2.18. The highest BCUT2D eigenvalue weighted by Gasteiger charge is 2.16. The SMILES string of the molecule is COc1nccnc1C(=O)c1ccc(I)cc1. The highest BCUT2D eigenvalue weighted by molar-refractivity contribution is 14.1. The van der Waals surface area contributed by atoms with Gasteiger partial charge in [-0.3, -0.25) is 4.79 Å². The van der Waals surface area contributed by atoms with Crippen LogP contribution in [0.1, 0.15) is 16.1 Å². The van der Waals surface area contributed by atoms with E-state index in [1.54, 1.807) is 12.1 Å². The number of benzene rings is 1. The molecule has 0 saturated carbocycles. The number of nitrogens with zero attached hydrogens (tertiary/aromatic N) is 2. The molecule has 0 N–H and O–H groups in total. The fourth-order valence-corrected chi connectivity index (χ4v) is 1.73. The second-order valence-corrected chi connectivity index (χ2v) is 4.50. The van der Waals surface area contributed by atoms with Crippen LogP contribution in [0.15, 0.2) is 36.7 Å². The van der Waals surface area contributed by atoms with Gasteiger partial charge in [-0.15, -0.1) is 0 Å². The molecule has 0 fully saturated rings. The van der Waals surface area contributed by atoms with Gasteiger partial charge in [-0.25, -0.2) is 9.97 Å². The van der Waals surface area contributed by atoms with Gasteiger partial charge in [-0.1, -0.05) is 0 Å². The van der Waals surface area contributed by atoms with Gasteiger partial charge in [0.2, 0.25) is 11.7 Å². The van der Waals surface area contributed by atoms with E-state index >= 15 is 0 Å². The Hall–Kier alpha value is -1.50. The molecule has 1 aromatic carbocycles. The lowest BCUT2D eigenvalue weighted by Crippen LogP contribution is -2.07. The number of halogens is 1. The van der Waals surface area contributed by atoms with Gasteiger partial charge in [0.1, 0.15) is 0 Å². The zero-order valence-electron chi connectivity index (χ0n) is 9.05. The standard InChI is InChI=1S/C12H9IN2O2/c1-17-12-10(14-6-7-15-12)11(16)8-2-4-9(13)5-3-8/h2-7H,1H3. The first-order valence-corrected chi connectivity index (χ1v) is 5.95. The number of ether oxygens (including phenoxy) is 1. The molecule has 0 amide bonds. The maximum absolute atomic E-state index is 12.2. The van der Waals surface area contributed by atoms with Crippen molar-refractivity contribution < 1.29 is 9.53 Å². The molecule has 1 aromatic heterocycles. The van der Waals surface area contributed by atoms with Gasteiger partial charge in [-0.05, 0) is 46.9 Å². The van der Waals surface area contributed by atoms with E-state index < -0.39 is 0 Å². The van der Waals surface area contributed by atoms with E-state index in [9.17, 15) is 4.79 Å². The summed E-state index contributed by atoms with van der Waals surface area (Å²) in [7, 11) is 1.47. The van der Waals surface area contributed by atoms with Crippen LogP contribution in [0, 0.1) is 3.57 Å². The van der Waals surface area contributed by atoms with Gasteiger partial charge in [-0.2, -0.15) is 0 Å². The summed E-state index contributed by atoms with van der Waals surface area (Å²) in [5.74, 6) is 0.0578. The van der Waals surface area contributed by atoms with E-state index in [-0.39, 0.29) is 17.4 Å². The van der Waals surface area contributed by atoms with E-state index in [4.69, 9.17) is 4.74 Å². The summed E-state index contributed by atoms with van der Waals surface area (Å²) in [6.45, 7) is 0. The van der Waals surface area contributed by atoms with Crippen molar-refractivity contribution in [3.63, 3.8) is 0 Å². The largest absolute Gasteiger partial charge is 0.479 e. The fraction of sp³-hybridized carbons (Fsp3) is 0.0833. The van der Waals surface area contributed by atoms with Gasteiger partial charge in [0.15, 0.2) is 5.69 Å². The molecule has 2 aromatic rings.